The maximum atomic E-state index is 12.8. The number of hydrogen-bond acceptors (Lipinski definition) is 4. The monoisotopic (exact) mass is 427 g/mol. The van der Waals surface area contributed by atoms with E-state index < -0.39 is 35.7 Å². The molecule has 0 aromatic carbocycles. The number of carbonyl (C=O) groups excluding carboxylic acids is 2. The number of aromatic nitrogens is 1. The molecule has 0 spiro atoms. The predicted octanol–water partition coefficient (Wildman–Crippen LogP) is 3.05. The fourth-order valence-corrected chi connectivity index (χ4v) is 4.36. The summed E-state index contributed by atoms with van der Waals surface area (Å²) in [7, 11) is 0. The van der Waals surface area contributed by atoms with Crippen molar-refractivity contribution in [1.82, 2.24) is 15.4 Å². The van der Waals surface area contributed by atoms with Crippen molar-refractivity contribution in [2.75, 3.05) is 0 Å². The Balaban J connectivity index is 1.61. The topological polar surface area (TPSA) is 80.2 Å². The van der Waals surface area contributed by atoms with Gasteiger partial charge in [0.1, 0.15) is 12.1 Å². The molecule has 29 heavy (non-hydrogen) atoms. The average Bonchev–Trinajstić information content (AvgIpc) is 3.02. The van der Waals surface area contributed by atoms with Crippen LogP contribution in [0.3, 0.4) is 0 Å². The summed E-state index contributed by atoms with van der Waals surface area (Å²) in [4.78, 5) is 37.8. The third-order valence-electron chi connectivity index (χ3n) is 4.68. The smallest absolute Gasteiger partial charge is 0.306 e. The zero-order chi connectivity index (χ0) is 21.0. The first-order chi connectivity index (χ1) is 13.8. The molecule has 2 aromatic rings. The molecule has 156 valence electrons. The highest BCUT2D eigenvalue weighted by Crippen LogP contribution is 2.28. The molecule has 3 rings (SSSR count). The molecule has 2 N–H and O–H groups in total. The zero-order valence-electron chi connectivity index (χ0n) is 15.5. The normalized spacial score (nSPS) is 14.4. The van der Waals surface area contributed by atoms with E-state index in [2.05, 4.69) is 10.9 Å². The molecule has 0 bridgehead atoms. The number of fused-ring (bicyclic) bond motifs is 1. The molecule has 0 atom stereocenters. The van der Waals surface area contributed by atoms with Crippen LogP contribution in [0.15, 0.2) is 29.2 Å². The molecular formula is C19H20F3N3O3S. The molecule has 1 aliphatic rings. The van der Waals surface area contributed by atoms with Gasteiger partial charge in [0.25, 0.3) is 17.4 Å². The molecule has 0 aliphatic heterocycles. The standard InChI is InChI=1S/C19H20F3N3O3S/c20-19(21,22)13-7-5-9-25(18(13)28)11-16(26)23-24-17(27)15-10-12-6-3-1-2-4-8-14(12)29-15/h5,7,9-10H,1-4,6,8,11H2,(H,23,26)(H,24,27). The van der Waals surface area contributed by atoms with Crippen LogP contribution in [-0.4, -0.2) is 16.4 Å². The number of amides is 2. The Bertz CT molecular complexity index is 940. The summed E-state index contributed by atoms with van der Waals surface area (Å²) in [5.74, 6) is -1.30. The van der Waals surface area contributed by atoms with Crippen molar-refractivity contribution in [1.29, 1.82) is 0 Å². The lowest BCUT2D eigenvalue weighted by atomic mass is 10.00. The summed E-state index contributed by atoms with van der Waals surface area (Å²) in [6, 6.07) is 3.52. The van der Waals surface area contributed by atoms with Gasteiger partial charge in [-0.25, -0.2) is 0 Å². The summed E-state index contributed by atoms with van der Waals surface area (Å²) in [6.45, 7) is -0.649. The van der Waals surface area contributed by atoms with E-state index >= 15 is 0 Å². The molecular weight excluding hydrogens is 407 g/mol. The largest absolute Gasteiger partial charge is 0.421 e. The van der Waals surface area contributed by atoms with Gasteiger partial charge in [-0.3, -0.25) is 25.2 Å². The molecule has 6 nitrogen and oxygen atoms in total. The number of nitrogens with one attached hydrogen (secondary N) is 2. The van der Waals surface area contributed by atoms with E-state index in [4.69, 9.17) is 0 Å². The lowest BCUT2D eigenvalue weighted by molar-refractivity contribution is -0.139. The number of hydrogen-bond donors (Lipinski definition) is 2. The van der Waals surface area contributed by atoms with Gasteiger partial charge in [0, 0.05) is 11.1 Å². The molecule has 0 radical (unpaired) electrons. The first kappa shape index (κ1) is 21.1. The number of halogens is 3. The fraction of sp³-hybridized carbons (Fsp3) is 0.421. The van der Waals surface area contributed by atoms with Crippen LogP contribution in [0.4, 0.5) is 13.2 Å². The Morgan fingerprint density at radius 3 is 2.55 bits per heavy atom. The quantitative estimate of drug-likeness (QED) is 0.739. The Morgan fingerprint density at radius 2 is 1.83 bits per heavy atom. The lowest BCUT2D eigenvalue weighted by Crippen LogP contribution is -2.44. The number of thiophene rings is 1. The highest BCUT2D eigenvalue weighted by molar-refractivity contribution is 7.14. The van der Waals surface area contributed by atoms with Crippen LogP contribution in [0.25, 0.3) is 0 Å². The molecule has 0 fully saturated rings. The third kappa shape index (κ3) is 5.26. The van der Waals surface area contributed by atoms with Crippen LogP contribution >= 0.6 is 11.3 Å². The number of alkyl halides is 3. The first-order valence-corrected chi connectivity index (χ1v) is 10.0. The maximum absolute atomic E-state index is 12.8. The van der Waals surface area contributed by atoms with Crippen LogP contribution in [0.2, 0.25) is 0 Å². The van der Waals surface area contributed by atoms with Crippen molar-refractivity contribution in [2.24, 2.45) is 0 Å². The number of rotatable bonds is 3. The molecule has 0 saturated carbocycles. The maximum Gasteiger partial charge on any atom is 0.421 e. The second-order valence-electron chi connectivity index (χ2n) is 6.83. The third-order valence-corrected chi connectivity index (χ3v) is 5.91. The lowest BCUT2D eigenvalue weighted by Gasteiger charge is -2.11. The summed E-state index contributed by atoms with van der Waals surface area (Å²) in [5.41, 5.74) is 2.89. The minimum Gasteiger partial charge on any atom is -0.306 e. The van der Waals surface area contributed by atoms with Gasteiger partial charge in [-0.05, 0) is 49.4 Å². The van der Waals surface area contributed by atoms with Gasteiger partial charge >= 0.3 is 6.18 Å². The van der Waals surface area contributed by atoms with Crippen molar-refractivity contribution >= 4 is 23.2 Å². The van der Waals surface area contributed by atoms with Crippen LogP contribution in [0.5, 0.6) is 0 Å². The number of pyridine rings is 1. The summed E-state index contributed by atoms with van der Waals surface area (Å²) in [6.07, 6.45) is 2.62. The van der Waals surface area contributed by atoms with Gasteiger partial charge in [-0.2, -0.15) is 13.2 Å². The zero-order valence-corrected chi connectivity index (χ0v) is 16.3. The van der Waals surface area contributed by atoms with Crippen LogP contribution in [-0.2, 0) is 30.4 Å². The van der Waals surface area contributed by atoms with Crippen molar-refractivity contribution < 1.29 is 22.8 Å². The summed E-state index contributed by atoms with van der Waals surface area (Å²) >= 11 is 1.39. The van der Waals surface area contributed by atoms with E-state index in [1.54, 1.807) is 0 Å². The van der Waals surface area contributed by atoms with E-state index in [9.17, 15) is 27.6 Å². The fourth-order valence-electron chi connectivity index (χ4n) is 3.22. The Hall–Kier alpha value is -2.62. The number of nitrogens with zero attached hydrogens (tertiary/aromatic N) is 1. The van der Waals surface area contributed by atoms with Gasteiger partial charge in [-0.1, -0.05) is 12.8 Å². The second kappa shape index (κ2) is 8.81. The number of carbonyl (C=O) groups is 2. The molecule has 0 saturated heterocycles. The van der Waals surface area contributed by atoms with E-state index in [0.717, 1.165) is 43.5 Å². The van der Waals surface area contributed by atoms with Crippen LogP contribution in [0, 0.1) is 0 Å². The average molecular weight is 427 g/mol. The molecule has 2 aromatic heterocycles. The molecule has 2 heterocycles. The number of aryl methyl sites for hydroxylation is 2. The molecule has 1 aliphatic carbocycles. The van der Waals surface area contributed by atoms with Crippen molar-refractivity contribution in [3.05, 3.63) is 55.6 Å². The van der Waals surface area contributed by atoms with Gasteiger partial charge < -0.3 is 4.57 Å². The van der Waals surface area contributed by atoms with Crippen LogP contribution < -0.4 is 16.4 Å². The Labute approximate surface area is 168 Å². The highest BCUT2D eigenvalue weighted by atomic mass is 32.1. The Morgan fingerprint density at radius 1 is 1.10 bits per heavy atom. The van der Waals surface area contributed by atoms with Gasteiger partial charge in [-0.15, -0.1) is 11.3 Å². The van der Waals surface area contributed by atoms with E-state index in [1.807, 2.05) is 6.07 Å². The highest BCUT2D eigenvalue weighted by Gasteiger charge is 2.34. The summed E-state index contributed by atoms with van der Waals surface area (Å²) in [5, 5.41) is 0. The van der Waals surface area contributed by atoms with Gasteiger partial charge in [0.15, 0.2) is 0 Å². The molecule has 10 heteroatoms. The Kier molecular flexibility index (Phi) is 6.41. The minimum atomic E-state index is -4.80. The van der Waals surface area contributed by atoms with Crippen molar-refractivity contribution in [3.8, 4) is 0 Å². The van der Waals surface area contributed by atoms with Gasteiger partial charge in [0.2, 0.25) is 0 Å². The SMILES string of the molecule is O=C(Cn1cccc(C(F)(F)F)c1=O)NNC(=O)c1cc2c(s1)CCCCCC2. The first-order valence-electron chi connectivity index (χ1n) is 9.23. The second-order valence-corrected chi connectivity index (χ2v) is 7.97. The van der Waals surface area contributed by atoms with Crippen LogP contribution in [0.1, 0.15) is 51.4 Å². The summed E-state index contributed by atoms with van der Waals surface area (Å²) < 4.78 is 39.0. The minimum absolute atomic E-state index is 0.466. The number of hydrazine groups is 1. The van der Waals surface area contributed by atoms with E-state index in [0.29, 0.717) is 15.5 Å². The van der Waals surface area contributed by atoms with E-state index in [1.165, 1.54) is 29.1 Å². The van der Waals surface area contributed by atoms with Gasteiger partial charge in [0.05, 0.1) is 4.88 Å². The van der Waals surface area contributed by atoms with Crippen molar-refractivity contribution in [2.45, 2.75) is 51.2 Å². The molecule has 2 amide bonds. The predicted molar refractivity (Wildman–Crippen MR) is 102 cm³/mol. The van der Waals surface area contributed by atoms with E-state index in [-0.39, 0.29) is 0 Å². The molecule has 0 unspecified atom stereocenters. The van der Waals surface area contributed by atoms with Crippen molar-refractivity contribution in [3.63, 3.8) is 0 Å².